The van der Waals surface area contributed by atoms with Gasteiger partial charge in [-0.2, -0.15) is 0 Å². The quantitative estimate of drug-likeness (QED) is 0.668. The van der Waals surface area contributed by atoms with Crippen molar-refractivity contribution in [2.24, 2.45) is 0 Å². The molecule has 3 aromatic rings. The lowest BCUT2D eigenvalue weighted by atomic mass is 10.0. The molecule has 1 aromatic heterocycles. The molecule has 0 radical (unpaired) electrons. The molecule has 1 amide bonds. The van der Waals surface area contributed by atoms with Gasteiger partial charge in [0, 0.05) is 35.8 Å². The van der Waals surface area contributed by atoms with Crippen molar-refractivity contribution in [3.63, 3.8) is 0 Å². The van der Waals surface area contributed by atoms with Crippen LogP contribution >= 0.6 is 0 Å². The zero-order valence-electron chi connectivity index (χ0n) is 15.4. The molecular formula is C22H21FN2O3. The van der Waals surface area contributed by atoms with Gasteiger partial charge in [-0.3, -0.25) is 9.59 Å². The van der Waals surface area contributed by atoms with Crippen LogP contribution < -0.4 is 5.32 Å². The van der Waals surface area contributed by atoms with E-state index in [9.17, 15) is 14.0 Å². The lowest BCUT2D eigenvalue weighted by Gasteiger charge is -2.11. The number of fused-ring (bicyclic) bond motifs is 1. The normalized spacial score (nSPS) is 16.4. The number of amides is 1. The van der Waals surface area contributed by atoms with E-state index in [0.717, 1.165) is 25.0 Å². The van der Waals surface area contributed by atoms with Gasteiger partial charge >= 0.3 is 0 Å². The Morgan fingerprint density at radius 1 is 1.11 bits per heavy atom. The largest absolute Gasteiger partial charge is 0.376 e. The number of aromatic nitrogens is 1. The minimum Gasteiger partial charge on any atom is -0.376 e. The van der Waals surface area contributed by atoms with Crippen molar-refractivity contribution in [2.45, 2.75) is 25.5 Å². The Bertz CT molecular complexity index is 1020. The molecule has 28 heavy (non-hydrogen) atoms. The number of ether oxygens (including phenoxy) is 1. The molecule has 5 nitrogen and oxygen atoms in total. The lowest BCUT2D eigenvalue weighted by Crippen LogP contribution is -2.34. The summed E-state index contributed by atoms with van der Waals surface area (Å²) in [5.74, 6) is -1.10. The van der Waals surface area contributed by atoms with Gasteiger partial charge in [0.05, 0.1) is 11.7 Å². The molecule has 1 fully saturated rings. The second-order valence-electron chi connectivity index (χ2n) is 6.94. The highest BCUT2D eigenvalue weighted by Gasteiger charge is 2.20. The predicted molar refractivity (Wildman–Crippen MR) is 104 cm³/mol. The highest BCUT2D eigenvalue weighted by Crippen LogP contribution is 2.25. The molecule has 0 unspecified atom stereocenters. The van der Waals surface area contributed by atoms with Crippen LogP contribution in [-0.4, -0.2) is 35.5 Å². The average Bonchev–Trinajstić information content (AvgIpc) is 3.35. The van der Waals surface area contributed by atoms with Crippen molar-refractivity contribution in [1.82, 2.24) is 9.88 Å². The molecule has 0 spiro atoms. The molecule has 144 valence electrons. The van der Waals surface area contributed by atoms with Crippen molar-refractivity contribution < 1.29 is 18.7 Å². The molecule has 4 rings (SSSR count). The summed E-state index contributed by atoms with van der Waals surface area (Å²) in [6, 6.07) is 13.2. The third-order valence-corrected chi connectivity index (χ3v) is 5.02. The van der Waals surface area contributed by atoms with Crippen molar-refractivity contribution in [3.8, 4) is 0 Å². The highest BCUT2D eigenvalue weighted by molar-refractivity contribution is 6.16. The van der Waals surface area contributed by atoms with E-state index in [-0.39, 0.29) is 24.1 Å². The first kappa shape index (κ1) is 18.4. The Morgan fingerprint density at radius 2 is 1.89 bits per heavy atom. The minimum absolute atomic E-state index is 0.0215. The fraction of sp³-hybridized carbons (Fsp3) is 0.273. The zero-order chi connectivity index (χ0) is 19.5. The number of para-hydroxylation sites is 1. The van der Waals surface area contributed by atoms with Gasteiger partial charge in [0.25, 0.3) is 0 Å². The first-order valence-electron chi connectivity index (χ1n) is 9.39. The van der Waals surface area contributed by atoms with Gasteiger partial charge in [0.15, 0.2) is 5.78 Å². The van der Waals surface area contributed by atoms with Crippen LogP contribution in [0.25, 0.3) is 10.9 Å². The van der Waals surface area contributed by atoms with Crippen LogP contribution in [-0.2, 0) is 16.1 Å². The Labute approximate surface area is 162 Å². The number of rotatable bonds is 6. The van der Waals surface area contributed by atoms with Crippen LogP contribution in [0.4, 0.5) is 4.39 Å². The van der Waals surface area contributed by atoms with Crippen molar-refractivity contribution in [2.75, 3.05) is 13.2 Å². The van der Waals surface area contributed by atoms with Crippen LogP contribution in [0.2, 0.25) is 0 Å². The summed E-state index contributed by atoms with van der Waals surface area (Å²) < 4.78 is 21.3. The van der Waals surface area contributed by atoms with Crippen LogP contribution in [0.15, 0.2) is 54.7 Å². The summed E-state index contributed by atoms with van der Waals surface area (Å²) in [6.07, 6.45) is 3.67. The smallest absolute Gasteiger partial charge is 0.240 e. The Morgan fingerprint density at radius 3 is 2.68 bits per heavy atom. The van der Waals surface area contributed by atoms with E-state index in [2.05, 4.69) is 5.32 Å². The summed E-state index contributed by atoms with van der Waals surface area (Å²) in [5, 5.41) is 3.58. The molecule has 0 saturated carbocycles. The number of nitrogens with zero attached hydrogens (tertiary/aromatic N) is 1. The van der Waals surface area contributed by atoms with Gasteiger partial charge < -0.3 is 14.6 Å². The van der Waals surface area contributed by atoms with E-state index in [1.165, 1.54) is 12.1 Å². The molecule has 2 heterocycles. The number of halogens is 1. The van der Waals surface area contributed by atoms with Gasteiger partial charge in [-0.1, -0.05) is 30.3 Å². The molecule has 0 bridgehead atoms. The minimum atomic E-state index is -0.557. The van der Waals surface area contributed by atoms with Crippen LogP contribution in [0.1, 0.15) is 28.8 Å². The molecule has 1 aliphatic heterocycles. The van der Waals surface area contributed by atoms with E-state index < -0.39 is 11.6 Å². The Balaban J connectivity index is 1.58. The van der Waals surface area contributed by atoms with E-state index in [1.807, 2.05) is 24.3 Å². The molecule has 2 aromatic carbocycles. The maximum atomic E-state index is 14.1. The number of carbonyl (C=O) groups excluding carboxylic acids is 2. The first-order chi connectivity index (χ1) is 13.6. The second-order valence-corrected chi connectivity index (χ2v) is 6.94. The topological polar surface area (TPSA) is 60.3 Å². The number of ketones is 1. The Kier molecular flexibility index (Phi) is 5.21. The van der Waals surface area contributed by atoms with E-state index in [0.29, 0.717) is 17.5 Å². The number of benzene rings is 2. The summed E-state index contributed by atoms with van der Waals surface area (Å²) >= 11 is 0. The van der Waals surface area contributed by atoms with Crippen LogP contribution in [0.3, 0.4) is 0 Å². The Hall–Kier alpha value is -2.99. The molecule has 6 heteroatoms. The van der Waals surface area contributed by atoms with E-state index in [4.69, 9.17) is 4.74 Å². The number of hydrogen-bond donors (Lipinski definition) is 1. The molecule has 1 aliphatic rings. The fourth-order valence-electron chi connectivity index (χ4n) is 3.59. The summed E-state index contributed by atoms with van der Waals surface area (Å²) in [7, 11) is 0. The van der Waals surface area contributed by atoms with Crippen LogP contribution in [0.5, 0.6) is 0 Å². The van der Waals surface area contributed by atoms with Crippen LogP contribution in [0, 0.1) is 5.82 Å². The van der Waals surface area contributed by atoms with Crippen molar-refractivity contribution in [1.29, 1.82) is 0 Å². The second kappa shape index (κ2) is 7.94. The maximum absolute atomic E-state index is 14.1. The number of carbonyl (C=O) groups is 2. The van der Waals surface area contributed by atoms with Gasteiger partial charge in [-0.15, -0.1) is 0 Å². The monoisotopic (exact) mass is 380 g/mol. The molecule has 1 atom stereocenters. The summed E-state index contributed by atoms with van der Waals surface area (Å²) in [6.45, 7) is 1.31. The summed E-state index contributed by atoms with van der Waals surface area (Å²) in [4.78, 5) is 25.3. The number of nitrogens with one attached hydrogen (secondary N) is 1. The van der Waals surface area contributed by atoms with Crippen molar-refractivity contribution in [3.05, 3.63) is 71.7 Å². The van der Waals surface area contributed by atoms with E-state index >= 15 is 0 Å². The maximum Gasteiger partial charge on any atom is 0.240 e. The number of hydrogen-bond acceptors (Lipinski definition) is 3. The lowest BCUT2D eigenvalue weighted by molar-refractivity contribution is -0.122. The SMILES string of the molecule is O=C(Cn1cc(C(=O)c2ccccc2F)c2ccccc21)NC[C@@H]1CCCO1. The third-order valence-electron chi connectivity index (χ3n) is 5.02. The highest BCUT2D eigenvalue weighted by atomic mass is 19.1. The molecule has 1 saturated heterocycles. The average molecular weight is 380 g/mol. The molecule has 1 N–H and O–H groups in total. The van der Waals surface area contributed by atoms with Crippen molar-refractivity contribution >= 4 is 22.6 Å². The fourth-order valence-corrected chi connectivity index (χ4v) is 3.59. The standard InChI is InChI=1S/C22H21FN2O3/c23-19-9-3-1-8-17(19)22(27)18-13-25(20-10-4-2-7-16(18)20)14-21(26)24-12-15-6-5-11-28-15/h1-4,7-10,13,15H,5-6,11-12,14H2,(H,24,26)/t15-/m0/s1. The summed E-state index contributed by atoms with van der Waals surface area (Å²) in [5.41, 5.74) is 1.16. The predicted octanol–water partition coefficient (Wildman–Crippen LogP) is 3.31. The van der Waals surface area contributed by atoms with Gasteiger partial charge in [-0.25, -0.2) is 4.39 Å². The third kappa shape index (κ3) is 3.68. The zero-order valence-corrected chi connectivity index (χ0v) is 15.4. The van der Waals surface area contributed by atoms with Gasteiger partial charge in [-0.05, 0) is 31.0 Å². The molecular weight excluding hydrogens is 359 g/mol. The molecule has 0 aliphatic carbocycles. The first-order valence-corrected chi connectivity index (χ1v) is 9.39. The van der Waals surface area contributed by atoms with Gasteiger partial charge in [0.1, 0.15) is 12.4 Å². The van der Waals surface area contributed by atoms with E-state index in [1.54, 1.807) is 22.9 Å². The van der Waals surface area contributed by atoms with Gasteiger partial charge in [0.2, 0.25) is 5.91 Å².